The van der Waals surface area contributed by atoms with Crippen molar-refractivity contribution in [1.29, 1.82) is 0 Å². The number of piperazine rings is 1. The van der Waals surface area contributed by atoms with Crippen LogP contribution in [0.25, 0.3) is 11.2 Å². The maximum atomic E-state index is 12.9. The number of fused-ring (bicyclic) bond motifs is 1. The summed E-state index contributed by atoms with van der Waals surface area (Å²) in [5.74, 6) is 0.368. The van der Waals surface area contributed by atoms with Gasteiger partial charge in [0.1, 0.15) is 5.52 Å². The third-order valence-corrected chi connectivity index (χ3v) is 6.54. The Labute approximate surface area is 183 Å². The molecule has 2 aliphatic heterocycles. The minimum absolute atomic E-state index is 0.0798. The highest BCUT2D eigenvalue weighted by Gasteiger charge is 2.28. The summed E-state index contributed by atoms with van der Waals surface area (Å²) in [5.41, 5.74) is 1.09. The van der Waals surface area contributed by atoms with Crippen LogP contribution in [0.2, 0.25) is 0 Å². The van der Waals surface area contributed by atoms with Crippen LogP contribution in [0, 0.1) is 5.92 Å². The molecule has 2 aromatic rings. The van der Waals surface area contributed by atoms with Gasteiger partial charge in [0, 0.05) is 65.6 Å². The van der Waals surface area contributed by atoms with Gasteiger partial charge in [-0.15, -0.1) is 0 Å². The van der Waals surface area contributed by atoms with Crippen LogP contribution in [-0.2, 0) is 11.8 Å². The standard InChI is InChI=1S/C22H33N7O2/c1-3-27-12-14-28(15-13-27)11-9-24-21(30)17-6-5-10-29(16-17)20-22(31)26(2)19-18(25-20)7-4-8-23-19/h4,7-8,17H,3,5-6,9-16H2,1-2H3,(H,24,30). The number of aryl methyl sites for hydroxylation is 1. The van der Waals surface area contributed by atoms with Crippen LogP contribution >= 0.6 is 0 Å². The molecule has 4 rings (SSSR count). The van der Waals surface area contributed by atoms with E-state index in [0.29, 0.717) is 30.1 Å². The van der Waals surface area contributed by atoms with Crippen LogP contribution < -0.4 is 15.8 Å². The van der Waals surface area contributed by atoms with Crippen LogP contribution in [0.15, 0.2) is 23.1 Å². The van der Waals surface area contributed by atoms with Gasteiger partial charge in [-0.05, 0) is 31.5 Å². The Morgan fingerprint density at radius 3 is 2.74 bits per heavy atom. The van der Waals surface area contributed by atoms with Gasteiger partial charge in [-0.2, -0.15) is 0 Å². The van der Waals surface area contributed by atoms with Crippen LogP contribution in [-0.4, -0.2) is 89.1 Å². The van der Waals surface area contributed by atoms with Gasteiger partial charge >= 0.3 is 0 Å². The van der Waals surface area contributed by atoms with E-state index in [4.69, 9.17) is 0 Å². The molecule has 0 saturated carbocycles. The maximum absolute atomic E-state index is 12.9. The number of pyridine rings is 1. The minimum atomic E-state index is -0.168. The fourth-order valence-corrected chi connectivity index (χ4v) is 4.54. The monoisotopic (exact) mass is 427 g/mol. The van der Waals surface area contributed by atoms with E-state index < -0.39 is 0 Å². The smallest absolute Gasteiger partial charge is 0.294 e. The summed E-state index contributed by atoms with van der Waals surface area (Å²) in [6.07, 6.45) is 3.37. The molecule has 2 aliphatic rings. The first-order chi connectivity index (χ1) is 15.1. The van der Waals surface area contributed by atoms with Crippen LogP contribution in [0.5, 0.6) is 0 Å². The SMILES string of the molecule is CCN1CCN(CCNC(=O)C2CCCN(c3nc4cccnc4n(C)c3=O)C2)CC1. The van der Waals surface area contributed by atoms with E-state index in [2.05, 4.69) is 32.0 Å². The third kappa shape index (κ3) is 4.88. The predicted molar refractivity (Wildman–Crippen MR) is 121 cm³/mol. The molecule has 168 valence electrons. The lowest BCUT2D eigenvalue weighted by molar-refractivity contribution is -0.125. The van der Waals surface area contributed by atoms with Crippen molar-refractivity contribution in [2.24, 2.45) is 13.0 Å². The molecule has 0 spiro atoms. The number of carbonyl (C=O) groups is 1. The molecule has 1 N–H and O–H groups in total. The van der Waals surface area contributed by atoms with Crippen molar-refractivity contribution in [1.82, 2.24) is 29.7 Å². The molecule has 2 saturated heterocycles. The maximum Gasteiger partial charge on any atom is 0.294 e. The zero-order valence-electron chi connectivity index (χ0n) is 18.6. The van der Waals surface area contributed by atoms with Crippen LogP contribution in [0.3, 0.4) is 0 Å². The van der Waals surface area contributed by atoms with E-state index >= 15 is 0 Å². The summed E-state index contributed by atoms with van der Waals surface area (Å²) in [6, 6.07) is 3.68. The number of amides is 1. The molecule has 0 radical (unpaired) electrons. The number of aromatic nitrogens is 3. The summed E-state index contributed by atoms with van der Waals surface area (Å²) in [4.78, 5) is 41.3. The second-order valence-electron chi connectivity index (χ2n) is 8.50. The van der Waals surface area contributed by atoms with Crippen LogP contribution in [0.1, 0.15) is 19.8 Å². The summed E-state index contributed by atoms with van der Waals surface area (Å²) in [6.45, 7) is 10.4. The van der Waals surface area contributed by atoms with E-state index in [1.807, 2.05) is 17.0 Å². The summed E-state index contributed by atoms with van der Waals surface area (Å²) in [7, 11) is 1.72. The van der Waals surface area contributed by atoms with E-state index in [9.17, 15) is 9.59 Å². The van der Waals surface area contributed by atoms with Gasteiger partial charge in [0.25, 0.3) is 5.56 Å². The largest absolute Gasteiger partial charge is 0.355 e. The molecule has 9 heteroatoms. The fraction of sp³-hybridized carbons (Fsp3) is 0.636. The van der Waals surface area contributed by atoms with Gasteiger partial charge in [0.05, 0.1) is 5.92 Å². The van der Waals surface area contributed by atoms with Gasteiger partial charge in [-0.1, -0.05) is 6.92 Å². The van der Waals surface area contributed by atoms with Gasteiger partial charge in [0.2, 0.25) is 5.91 Å². The van der Waals surface area contributed by atoms with E-state index in [0.717, 1.165) is 58.7 Å². The molecule has 1 atom stereocenters. The zero-order chi connectivity index (χ0) is 21.8. The molecule has 4 heterocycles. The molecule has 1 amide bonds. The molecule has 31 heavy (non-hydrogen) atoms. The highest BCUT2D eigenvalue weighted by atomic mass is 16.2. The van der Waals surface area contributed by atoms with Crippen molar-refractivity contribution in [2.75, 3.05) is 63.8 Å². The number of anilines is 1. The predicted octanol–water partition coefficient (Wildman–Crippen LogP) is 0.299. The number of piperidine rings is 1. The van der Waals surface area contributed by atoms with Gasteiger partial charge in [0.15, 0.2) is 11.5 Å². The second-order valence-corrected chi connectivity index (χ2v) is 8.50. The molecular weight excluding hydrogens is 394 g/mol. The third-order valence-electron chi connectivity index (χ3n) is 6.54. The Kier molecular flexibility index (Phi) is 6.82. The second kappa shape index (κ2) is 9.74. The Bertz CT molecular complexity index is 968. The first-order valence-corrected chi connectivity index (χ1v) is 11.4. The van der Waals surface area contributed by atoms with Gasteiger partial charge in [-0.25, -0.2) is 9.97 Å². The number of likely N-dealkylation sites (N-methyl/N-ethyl adjacent to an activating group) is 1. The van der Waals surface area contributed by atoms with Gasteiger partial charge in [-0.3, -0.25) is 19.1 Å². The van der Waals surface area contributed by atoms with Crippen molar-refractivity contribution in [3.8, 4) is 0 Å². The van der Waals surface area contributed by atoms with E-state index in [1.165, 1.54) is 0 Å². The molecule has 0 bridgehead atoms. The zero-order valence-corrected chi connectivity index (χ0v) is 18.6. The Morgan fingerprint density at radius 1 is 1.19 bits per heavy atom. The lowest BCUT2D eigenvalue weighted by atomic mass is 9.97. The number of hydrogen-bond donors (Lipinski definition) is 1. The lowest BCUT2D eigenvalue weighted by Gasteiger charge is -2.34. The number of nitrogens with zero attached hydrogens (tertiary/aromatic N) is 6. The van der Waals surface area contributed by atoms with Crippen LogP contribution in [0.4, 0.5) is 5.82 Å². The first kappa shape index (κ1) is 21.7. The van der Waals surface area contributed by atoms with E-state index in [1.54, 1.807) is 17.8 Å². The Hall–Kier alpha value is -2.52. The average Bonchev–Trinajstić information content (AvgIpc) is 2.82. The number of nitrogens with one attached hydrogen (secondary N) is 1. The lowest BCUT2D eigenvalue weighted by Crippen LogP contribution is -2.49. The van der Waals surface area contributed by atoms with Crippen molar-refractivity contribution >= 4 is 22.9 Å². The summed E-state index contributed by atoms with van der Waals surface area (Å²) < 4.78 is 1.54. The molecule has 1 unspecified atom stereocenters. The quantitative estimate of drug-likeness (QED) is 0.710. The molecule has 9 nitrogen and oxygen atoms in total. The number of carbonyl (C=O) groups excluding carboxylic acids is 1. The van der Waals surface area contributed by atoms with Crippen molar-refractivity contribution in [2.45, 2.75) is 19.8 Å². The van der Waals surface area contributed by atoms with E-state index in [-0.39, 0.29) is 17.4 Å². The Morgan fingerprint density at radius 2 is 1.97 bits per heavy atom. The summed E-state index contributed by atoms with van der Waals surface area (Å²) >= 11 is 0. The molecule has 0 aliphatic carbocycles. The van der Waals surface area contributed by atoms with Crippen molar-refractivity contribution in [3.05, 3.63) is 28.7 Å². The van der Waals surface area contributed by atoms with Crippen molar-refractivity contribution < 1.29 is 4.79 Å². The highest BCUT2D eigenvalue weighted by Crippen LogP contribution is 2.21. The fourth-order valence-electron chi connectivity index (χ4n) is 4.54. The molecular formula is C22H33N7O2. The molecule has 0 aromatic carbocycles. The molecule has 2 fully saturated rings. The Balaban J connectivity index is 1.34. The minimum Gasteiger partial charge on any atom is -0.355 e. The topological polar surface area (TPSA) is 86.6 Å². The normalized spacial score (nSPS) is 20.8. The number of hydrogen-bond acceptors (Lipinski definition) is 7. The number of rotatable bonds is 6. The first-order valence-electron chi connectivity index (χ1n) is 11.4. The van der Waals surface area contributed by atoms with Gasteiger partial charge < -0.3 is 15.1 Å². The molecule has 2 aromatic heterocycles. The summed E-state index contributed by atoms with van der Waals surface area (Å²) in [5, 5.41) is 3.12. The van der Waals surface area contributed by atoms with Crippen molar-refractivity contribution in [3.63, 3.8) is 0 Å². The highest BCUT2D eigenvalue weighted by molar-refractivity contribution is 5.79. The average molecular weight is 428 g/mol.